The van der Waals surface area contributed by atoms with E-state index in [2.05, 4.69) is 15.4 Å². The van der Waals surface area contributed by atoms with Crippen LogP contribution in [0, 0.1) is 0 Å². The number of nitrogens with one attached hydrogen (secondary N) is 1. The second-order valence-electron chi connectivity index (χ2n) is 1.14. The van der Waals surface area contributed by atoms with E-state index in [1.165, 1.54) is 7.11 Å². The molecule has 0 rings (SSSR count). The first kappa shape index (κ1) is 6.88. The SMILES string of the molecule is CCCNOOC. The van der Waals surface area contributed by atoms with Gasteiger partial charge < -0.3 is 0 Å². The Balaban J connectivity index is 2.45. The molecule has 0 aromatic heterocycles. The van der Waals surface area contributed by atoms with Crippen molar-refractivity contribution in [2.24, 2.45) is 0 Å². The molecule has 0 bridgehead atoms. The average Bonchev–Trinajstić information content (AvgIpc) is 1.69. The van der Waals surface area contributed by atoms with E-state index in [9.17, 15) is 0 Å². The van der Waals surface area contributed by atoms with Gasteiger partial charge in [0.1, 0.15) is 0 Å². The zero-order valence-electron chi connectivity index (χ0n) is 4.73. The van der Waals surface area contributed by atoms with Gasteiger partial charge in [0, 0.05) is 6.54 Å². The largest absolute Gasteiger partial charge is 0.221 e. The van der Waals surface area contributed by atoms with Gasteiger partial charge in [-0.15, -0.1) is 4.99 Å². The first-order valence-electron chi connectivity index (χ1n) is 2.34. The fourth-order valence-electron chi connectivity index (χ4n) is 0.203. The predicted octanol–water partition coefficient (Wildman–Crippen LogP) is 0.479. The smallest absolute Gasteiger partial charge is 0.0732 e. The van der Waals surface area contributed by atoms with Crippen LogP contribution >= 0.6 is 0 Å². The molecule has 0 spiro atoms. The molecule has 3 heteroatoms. The Morgan fingerprint density at radius 1 is 1.57 bits per heavy atom. The van der Waals surface area contributed by atoms with Crippen molar-refractivity contribution >= 4 is 0 Å². The lowest BCUT2D eigenvalue weighted by atomic mass is 10.5. The molecule has 0 aliphatic rings. The van der Waals surface area contributed by atoms with Crippen molar-refractivity contribution in [2.75, 3.05) is 13.7 Å². The molecule has 3 nitrogen and oxygen atoms in total. The maximum absolute atomic E-state index is 4.32. The molecule has 0 aliphatic heterocycles. The van der Waals surface area contributed by atoms with Gasteiger partial charge in [-0.25, -0.2) is 4.89 Å². The molecule has 0 saturated heterocycles. The molecule has 0 atom stereocenters. The Morgan fingerprint density at radius 3 is 2.71 bits per heavy atom. The summed E-state index contributed by atoms with van der Waals surface area (Å²) in [6.45, 7) is 2.87. The van der Waals surface area contributed by atoms with Crippen LogP contribution in [0.1, 0.15) is 13.3 Å². The molecule has 0 radical (unpaired) electrons. The summed E-state index contributed by atoms with van der Waals surface area (Å²) < 4.78 is 0. The van der Waals surface area contributed by atoms with Crippen molar-refractivity contribution in [1.82, 2.24) is 5.48 Å². The highest BCUT2D eigenvalue weighted by atomic mass is 17.3. The topological polar surface area (TPSA) is 30.5 Å². The van der Waals surface area contributed by atoms with E-state index < -0.39 is 0 Å². The minimum atomic E-state index is 0.827. The van der Waals surface area contributed by atoms with Gasteiger partial charge in [0.15, 0.2) is 0 Å². The van der Waals surface area contributed by atoms with Crippen LogP contribution in [0.3, 0.4) is 0 Å². The molecular formula is C4H11NO2. The van der Waals surface area contributed by atoms with E-state index in [1.807, 2.05) is 6.92 Å². The zero-order valence-corrected chi connectivity index (χ0v) is 4.73. The van der Waals surface area contributed by atoms with Crippen molar-refractivity contribution in [3.63, 3.8) is 0 Å². The summed E-state index contributed by atoms with van der Waals surface area (Å²) in [5.74, 6) is 0. The second kappa shape index (κ2) is 5.88. The van der Waals surface area contributed by atoms with Gasteiger partial charge >= 0.3 is 0 Å². The maximum Gasteiger partial charge on any atom is 0.0732 e. The first-order valence-corrected chi connectivity index (χ1v) is 2.34. The van der Waals surface area contributed by atoms with Crippen molar-refractivity contribution < 1.29 is 9.88 Å². The third-order valence-electron chi connectivity index (χ3n) is 0.494. The molecule has 44 valence electrons. The highest BCUT2D eigenvalue weighted by molar-refractivity contribution is 4.23. The van der Waals surface area contributed by atoms with Gasteiger partial charge in [-0.05, 0) is 6.42 Å². The van der Waals surface area contributed by atoms with Crippen LogP contribution in [0.5, 0.6) is 0 Å². The van der Waals surface area contributed by atoms with Crippen LogP contribution in [0.15, 0.2) is 0 Å². The number of rotatable bonds is 4. The molecule has 7 heavy (non-hydrogen) atoms. The average molecular weight is 105 g/mol. The minimum Gasteiger partial charge on any atom is -0.221 e. The lowest BCUT2D eigenvalue weighted by molar-refractivity contribution is -0.316. The summed E-state index contributed by atoms with van der Waals surface area (Å²) in [4.78, 5) is 8.56. The van der Waals surface area contributed by atoms with Crippen LogP contribution in [0.2, 0.25) is 0 Å². The van der Waals surface area contributed by atoms with Gasteiger partial charge in [0.25, 0.3) is 0 Å². The molecule has 0 heterocycles. The van der Waals surface area contributed by atoms with Crippen LogP contribution < -0.4 is 5.48 Å². The van der Waals surface area contributed by atoms with Gasteiger partial charge in [-0.3, -0.25) is 0 Å². The quantitative estimate of drug-likeness (QED) is 0.320. The van der Waals surface area contributed by atoms with Gasteiger partial charge in [0.05, 0.1) is 7.11 Å². The van der Waals surface area contributed by atoms with Gasteiger partial charge in [-0.2, -0.15) is 5.48 Å². The first-order chi connectivity index (χ1) is 3.41. The summed E-state index contributed by atoms with van der Waals surface area (Å²) in [5.41, 5.74) is 2.56. The van der Waals surface area contributed by atoms with E-state index in [-0.39, 0.29) is 0 Å². The standard InChI is InChI=1S/C4H11NO2/c1-3-4-5-7-6-2/h5H,3-4H2,1-2H3. The predicted molar refractivity (Wildman–Crippen MR) is 26.4 cm³/mol. The lowest BCUT2D eigenvalue weighted by Crippen LogP contribution is -2.13. The Kier molecular flexibility index (Phi) is 5.78. The van der Waals surface area contributed by atoms with Crippen LogP contribution in [0.25, 0.3) is 0 Å². The molecule has 0 aliphatic carbocycles. The van der Waals surface area contributed by atoms with E-state index >= 15 is 0 Å². The number of hydrogen-bond acceptors (Lipinski definition) is 3. The Labute approximate surface area is 43.5 Å². The Hall–Kier alpha value is -0.120. The van der Waals surface area contributed by atoms with Gasteiger partial charge in [0.2, 0.25) is 0 Å². The van der Waals surface area contributed by atoms with E-state index in [1.54, 1.807) is 0 Å². The summed E-state index contributed by atoms with van der Waals surface area (Å²) >= 11 is 0. The molecule has 1 N–H and O–H groups in total. The zero-order chi connectivity index (χ0) is 5.54. The number of hydrogen-bond donors (Lipinski definition) is 1. The molecule has 0 fully saturated rings. The van der Waals surface area contributed by atoms with Crippen molar-refractivity contribution in [3.05, 3.63) is 0 Å². The van der Waals surface area contributed by atoms with Gasteiger partial charge in [-0.1, -0.05) is 6.92 Å². The fraction of sp³-hybridized carbons (Fsp3) is 1.00. The molecule has 0 unspecified atom stereocenters. The maximum atomic E-state index is 4.32. The lowest BCUT2D eigenvalue weighted by Gasteiger charge is -1.96. The van der Waals surface area contributed by atoms with Crippen molar-refractivity contribution in [2.45, 2.75) is 13.3 Å². The Bertz CT molecular complexity index is 28.9. The van der Waals surface area contributed by atoms with Crippen LogP contribution in [-0.4, -0.2) is 13.7 Å². The summed E-state index contributed by atoms with van der Waals surface area (Å²) in [6, 6.07) is 0. The number of hydroxylamine groups is 1. The Morgan fingerprint density at radius 2 is 2.29 bits per heavy atom. The third kappa shape index (κ3) is 5.88. The van der Waals surface area contributed by atoms with Crippen molar-refractivity contribution in [1.29, 1.82) is 0 Å². The summed E-state index contributed by atoms with van der Waals surface area (Å²) in [7, 11) is 1.46. The van der Waals surface area contributed by atoms with Crippen LogP contribution in [0.4, 0.5) is 0 Å². The minimum absolute atomic E-state index is 0.827. The fourth-order valence-corrected chi connectivity index (χ4v) is 0.203. The third-order valence-corrected chi connectivity index (χ3v) is 0.494. The normalized spacial score (nSPS) is 9.43. The van der Waals surface area contributed by atoms with E-state index in [0.717, 1.165) is 13.0 Å². The molecule has 0 saturated carbocycles. The second-order valence-corrected chi connectivity index (χ2v) is 1.14. The molecule has 0 aromatic rings. The van der Waals surface area contributed by atoms with Crippen LogP contribution in [-0.2, 0) is 9.88 Å². The molecule has 0 aromatic carbocycles. The van der Waals surface area contributed by atoms with Crippen molar-refractivity contribution in [3.8, 4) is 0 Å². The monoisotopic (exact) mass is 105 g/mol. The molecule has 0 amide bonds. The summed E-state index contributed by atoms with van der Waals surface area (Å²) in [6.07, 6.45) is 1.04. The highest BCUT2D eigenvalue weighted by Crippen LogP contribution is 1.69. The van der Waals surface area contributed by atoms with E-state index in [4.69, 9.17) is 0 Å². The molecular weight excluding hydrogens is 94.0 g/mol. The van der Waals surface area contributed by atoms with E-state index in [0.29, 0.717) is 0 Å². The highest BCUT2D eigenvalue weighted by Gasteiger charge is 1.76. The summed E-state index contributed by atoms with van der Waals surface area (Å²) in [5, 5.41) is 0.